The highest BCUT2D eigenvalue weighted by Crippen LogP contribution is 2.32. The Bertz CT molecular complexity index is 1290. The zero-order valence-electron chi connectivity index (χ0n) is 19.1. The monoisotopic (exact) mass is 482 g/mol. The molecule has 1 N–H and O–H groups in total. The molecular weight excluding hydrogens is 456 g/mol. The molecule has 0 fully saturated rings. The van der Waals surface area contributed by atoms with Gasteiger partial charge >= 0.3 is 0 Å². The average molecular weight is 483 g/mol. The Morgan fingerprint density at radius 1 is 0.882 bits per heavy atom. The number of fused-ring (bicyclic) bond motifs is 1. The number of rotatable bonds is 7. The first kappa shape index (κ1) is 23.6. The molecule has 0 spiro atoms. The largest absolute Gasteiger partial charge is 0.497 e. The van der Waals surface area contributed by atoms with Crippen LogP contribution in [0.3, 0.4) is 0 Å². The highest BCUT2D eigenvalue weighted by molar-refractivity contribution is 7.89. The van der Waals surface area contributed by atoms with E-state index in [0.29, 0.717) is 22.9 Å². The summed E-state index contributed by atoms with van der Waals surface area (Å²) in [6.45, 7) is 0.0918. The van der Waals surface area contributed by atoms with Gasteiger partial charge in [-0.25, -0.2) is 8.42 Å². The van der Waals surface area contributed by atoms with Gasteiger partial charge in [-0.05, 0) is 53.9 Å². The van der Waals surface area contributed by atoms with E-state index in [4.69, 9.17) is 14.2 Å². The lowest BCUT2D eigenvalue weighted by Crippen LogP contribution is -2.50. The van der Waals surface area contributed by atoms with Gasteiger partial charge in [-0.3, -0.25) is 4.79 Å². The first-order valence-electron chi connectivity index (χ1n) is 10.6. The van der Waals surface area contributed by atoms with Crippen molar-refractivity contribution >= 4 is 21.6 Å². The summed E-state index contributed by atoms with van der Waals surface area (Å²) >= 11 is 0. The van der Waals surface area contributed by atoms with Crippen LogP contribution in [0.25, 0.3) is 0 Å². The SMILES string of the molecule is COc1ccc(S(=O)(=O)N2Cc3ccccc3C[C@H]2C(=O)Nc2ccc(OC)c(OC)c2)cc1. The van der Waals surface area contributed by atoms with Gasteiger partial charge in [0.25, 0.3) is 0 Å². The molecule has 3 aromatic carbocycles. The first-order valence-corrected chi connectivity index (χ1v) is 12.1. The van der Waals surface area contributed by atoms with Crippen LogP contribution in [0, 0.1) is 0 Å². The summed E-state index contributed by atoms with van der Waals surface area (Å²) < 4.78 is 44.2. The van der Waals surface area contributed by atoms with E-state index >= 15 is 0 Å². The maximum Gasteiger partial charge on any atom is 0.244 e. The Labute approximate surface area is 199 Å². The zero-order valence-corrected chi connectivity index (χ0v) is 20.0. The molecular formula is C25H26N2O6S. The fraction of sp³-hybridized carbons (Fsp3) is 0.240. The number of sulfonamides is 1. The molecule has 3 aromatic rings. The molecule has 4 rings (SSSR count). The number of amides is 1. The summed E-state index contributed by atoms with van der Waals surface area (Å²) in [5.41, 5.74) is 2.29. The molecule has 0 saturated carbocycles. The smallest absolute Gasteiger partial charge is 0.244 e. The third kappa shape index (κ3) is 4.57. The van der Waals surface area contributed by atoms with Gasteiger partial charge in [-0.15, -0.1) is 0 Å². The van der Waals surface area contributed by atoms with E-state index in [9.17, 15) is 13.2 Å². The number of methoxy groups -OCH3 is 3. The highest BCUT2D eigenvalue weighted by atomic mass is 32.2. The molecule has 1 aliphatic heterocycles. The average Bonchev–Trinajstić information content (AvgIpc) is 2.87. The van der Waals surface area contributed by atoms with Crippen molar-refractivity contribution in [3.05, 3.63) is 77.9 Å². The summed E-state index contributed by atoms with van der Waals surface area (Å²) in [6.07, 6.45) is 0.255. The lowest BCUT2D eigenvalue weighted by Gasteiger charge is -2.35. The maximum atomic E-state index is 13.6. The molecule has 0 saturated heterocycles. The highest BCUT2D eigenvalue weighted by Gasteiger charge is 2.39. The van der Waals surface area contributed by atoms with Crippen LogP contribution >= 0.6 is 0 Å². The number of nitrogens with one attached hydrogen (secondary N) is 1. The van der Waals surface area contributed by atoms with E-state index in [1.807, 2.05) is 24.3 Å². The number of hydrogen-bond acceptors (Lipinski definition) is 6. The lowest BCUT2D eigenvalue weighted by atomic mass is 9.95. The molecule has 0 unspecified atom stereocenters. The van der Waals surface area contributed by atoms with E-state index in [0.717, 1.165) is 11.1 Å². The van der Waals surface area contributed by atoms with Crippen molar-refractivity contribution in [3.63, 3.8) is 0 Å². The molecule has 9 heteroatoms. The van der Waals surface area contributed by atoms with Crippen molar-refractivity contribution in [2.45, 2.75) is 23.9 Å². The Kier molecular flexibility index (Phi) is 6.76. The molecule has 0 aromatic heterocycles. The maximum absolute atomic E-state index is 13.6. The van der Waals surface area contributed by atoms with Gasteiger partial charge in [0.15, 0.2) is 11.5 Å². The second-order valence-corrected chi connectivity index (χ2v) is 9.66. The molecule has 34 heavy (non-hydrogen) atoms. The van der Waals surface area contributed by atoms with Crippen LogP contribution in [0.2, 0.25) is 0 Å². The molecule has 0 radical (unpaired) electrons. The number of benzene rings is 3. The fourth-order valence-electron chi connectivity index (χ4n) is 4.00. The van der Waals surface area contributed by atoms with Crippen LogP contribution in [0.5, 0.6) is 17.2 Å². The van der Waals surface area contributed by atoms with Crippen molar-refractivity contribution < 1.29 is 27.4 Å². The minimum absolute atomic E-state index is 0.0918. The van der Waals surface area contributed by atoms with E-state index in [2.05, 4.69) is 5.32 Å². The van der Waals surface area contributed by atoms with Crippen LogP contribution in [0.15, 0.2) is 71.6 Å². The summed E-state index contributed by atoms with van der Waals surface area (Å²) in [5, 5.41) is 2.84. The summed E-state index contributed by atoms with van der Waals surface area (Å²) in [5.74, 6) is 1.09. The van der Waals surface area contributed by atoms with Gasteiger partial charge in [0.1, 0.15) is 11.8 Å². The predicted molar refractivity (Wildman–Crippen MR) is 128 cm³/mol. The summed E-state index contributed by atoms with van der Waals surface area (Å²) in [4.78, 5) is 13.5. The zero-order chi connectivity index (χ0) is 24.3. The molecule has 1 atom stereocenters. The topological polar surface area (TPSA) is 94.2 Å². The second kappa shape index (κ2) is 9.74. The first-order chi connectivity index (χ1) is 16.4. The van der Waals surface area contributed by atoms with Crippen LogP contribution < -0.4 is 19.5 Å². The van der Waals surface area contributed by atoms with Gasteiger partial charge in [-0.2, -0.15) is 4.31 Å². The second-order valence-electron chi connectivity index (χ2n) is 7.77. The number of carbonyl (C=O) groups is 1. The molecule has 1 amide bonds. The minimum Gasteiger partial charge on any atom is -0.497 e. The molecule has 178 valence electrons. The predicted octanol–water partition coefficient (Wildman–Crippen LogP) is 3.47. The Hall–Kier alpha value is -3.56. The van der Waals surface area contributed by atoms with Crippen molar-refractivity contribution in [1.29, 1.82) is 0 Å². The number of carbonyl (C=O) groups excluding carboxylic acids is 1. The van der Waals surface area contributed by atoms with Crippen molar-refractivity contribution in [2.75, 3.05) is 26.6 Å². The third-order valence-corrected chi connectivity index (χ3v) is 7.69. The van der Waals surface area contributed by atoms with Crippen molar-refractivity contribution in [1.82, 2.24) is 4.31 Å². The van der Waals surface area contributed by atoms with E-state index in [-0.39, 0.29) is 17.9 Å². The summed E-state index contributed by atoms with van der Waals surface area (Å²) in [7, 11) is 0.576. The number of nitrogens with zero attached hydrogens (tertiary/aromatic N) is 1. The quantitative estimate of drug-likeness (QED) is 0.554. The van der Waals surface area contributed by atoms with E-state index < -0.39 is 22.0 Å². The van der Waals surface area contributed by atoms with Gasteiger partial charge in [0, 0.05) is 18.3 Å². The normalized spacial score (nSPS) is 15.8. The van der Waals surface area contributed by atoms with Gasteiger partial charge < -0.3 is 19.5 Å². The van der Waals surface area contributed by atoms with Crippen LogP contribution in [0.1, 0.15) is 11.1 Å². The Morgan fingerprint density at radius 3 is 2.21 bits per heavy atom. The fourth-order valence-corrected chi connectivity index (χ4v) is 5.56. The van der Waals surface area contributed by atoms with Crippen molar-refractivity contribution in [2.24, 2.45) is 0 Å². The van der Waals surface area contributed by atoms with E-state index in [1.165, 1.54) is 37.8 Å². The van der Waals surface area contributed by atoms with Crippen molar-refractivity contribution in [3.8, 4) is 17.2 Å². The van der Waals surface area contributed by atoms with Crippen LogP contribution in [0.4, 0.5) is 5.69 Å². The van der Waals surface area contributed by atoms with Gasteiger partial charge in [0.05, 0.1) is 26.2 Å². The lowest BCUT2D eigenvalue weighted by molar-refractivity contribution is -0.120. The molecule has 1 aliphatic rings. The van der Waals surface area contributed by atoms with Gasteiger partial charge in [0.2, 0.25) is 15.9 Å². The summed E-state index contributed by atoms with van der Waals surface area (Å²) in [6, 6.07) is 17.7. The molecule has 0 bridgehead atoms. The standard InChI is InChI=1S/C25H26N2O6S/c1-31-20-9-11-21(12-10-20)34(29,30)27-16-18-7-5-4-6-17(18)14-22(27)25(28)26-19-8-13-23(32-2)24(15-19)33-3/h4-13,15,22H,14,16H2,1-3H3,(H,26,28)/t22-/m0/s1. The number of ether oxygens (including phenoxy) is 3. The van der Waals surface area contributed by atoms with E-state index in [1.54, 1.807) is 30.3 Å². The minimum atomic E-state index is -3.97. The molecule has 0 aliphatic carbocycles. The molecule has 1 heterocycles. The molecule has 8 nitrogen and oxygen atoms in total. The number of hydrogen-bond donors (Lipinski definition) is 1. The number of anilines is 1. The Morgan fingerprint density at radius 2 is 1.56 bits per heavy atom. The van der Waals surface area contributed by atoms with Gasteiger partial charge in [-0.1, -0.05) is 24.3 Å². The van der Waals surface area contributed by atoms with Crippen LogP contribution in [-0.4, -0.2) is 46.0 Å². The third-order valence-electron chi connectivity index (χ3n) is 5.83. The van der Waals surface area contributed by atoms with Crippen LogP contribution in [-0.2, 0) is 27.8 Å². The Balaban J connectivity index is 1.68.